The smallest absolute Gasteiger partial charge is 0.230 e. The van der Waals surface area contributed by atoms with Gasteiger partial charge in [-0.3, -0.25) is 14.4 Å². The van der Waals surface area contributed by atoms with E-state index in [-0.39, 0.29) is 51.0 Å². The first-order valence-electron chi connectivity index (χ1n) is 25.2. The van der Waals surface area contributed by atoms with Crippen LogP contribution in [0.1, 0.15) is 106 Å². The molecule has 0 radical (unpaired) electrons. The lowest BCUT2D eigenvalue weighted by atomic mass is 9.66. The van der Waals surface area contributed by atoms with Crippen molar-refractivity contribution in [1.82, 2.24) is 50.1 Å². The average molecular weight is 1060 g/mol. The lowest BCUT2D eigenvalue weighted by Gasteiger charge is -2.39. The number of hydrogen-bond acceptors (Lipinski definition) is 13. The number of halogens is 4. The Hall–Kier alpha value is -7.89. The zero-order chi connectivity index (χ0) is 53.9. The summed E-state index contributed by atoms with van der Waals surface area (Å²) in [4.78, 5) is 18.6. The average Bonchev–Trinajstić information content (AvgIpc) is 3.77. The molecule has 0 amide bonds. The Balaban J connectivity index is 0.000000155. The summed E-state index contributed by atoms with van der Waals surface area (Å²) in [5.74, 6) is -1.81. The minimum Gasteiger partial charge on any atom is -0.376 e. The summed E-state index contributed by atoms with van der Waals surface area (Å²) in [6.45, 7) is 9.70. The highest BCUT2D eigenvalue weighted by Gasteiger charge is 2.66. The Bertz CT molecular complexity index is 3840. The Morgan fingerprint density at radius 1 is 0.688 bits per heavy atom. The minimum absolute atomic E-state index is 0.103. The number of benzene rings is 2. The van der Waals surface area contributed by atoms with Crippen LogP contribution in [0, 0.1) is 45.4 Å². The summed E-state index contributed by atoms with van der Waals surface area (Å²) in [5, 5.41) is 31.7. The highest BCUT2D eigenvalue weighted by molar-refractivity contribution is 7.92. The molecule has 0 unspecified atom stereocenters. The second-order valence-corrected chi connectivity index (χ2v) is 23.6. The molecule has 6 aromatic heterocycles. The Labute approximate surface area is 441 Å². The van der Waals surface area contributed by atoms with Crippen LogP contribution in [0.2, 0.25) is 0 Å². The molecule has 3 fully saturated rings. The molecule has 390 valence electrons. The fourth-order valence-corrected chi connectivity index (χ4v) is 13.9. The van der Waals surface area contributed by atoms with Gasteiger partial charge in [0, 0.05) is 29.7 Å². The summed E-state index contributed by atoms with van der Waals surface area (Å²) in [6.07, 6.45) is 11.7. The van der Waals surface area contributed by atoms with Crippen LogP contribution in [-0.4, -0.2) is 78.0 Å². The molecule has 13 rings (SSSR count). The summed E-state index contributed by atoms with van der Waals surface area (Å²) in [6, 6.07) is 24.6. The van der Waals surface area contributed by atoms with E-state index >= 15 is 0 Å². The molecule has 1 aliphatic heterocycles. The lowest BCUT2D eigenvalue weighted by Crippen LogP contribution is -2.51. The maximum atomic E-state index is 14.6. The first-order chi connectivity index (χ1) is 36.8. The SMILES string of the molecule is CC1(C)[C@H]2CC[C@@]1(c1ccnc(-c3ccnc(NS(C)(=O)=O)c3)n1)c1nnc(-c3c(F)cccc3F)cc12.CC1(C)[C@H]2CC[C@]1(c1cccc(-c3cnn(C4(CC#N)COC4)c3)n1)c1nnc(-c3c(F)cccc3F)cc12. The normalized spacial score (nSPS) is 22.5. The fourth-order valence-electron chi connectivity index (χ4n) is 13.4. The standard InChI is InChI=1S/C30H26F2N6O.C27H24F2N6O2S/c1-28(2)20-9-10-30(28,27-19(20)13-24(36-37-27)26-21(31)5-3-6-22(26)32)25-8-4-7-23(35-25)18-14-34-38(15-18)29(11-12-33)16-39-17-29;1-26(2)17-7-10-27(26,24-16(17)14-20(33-34-24)23-18(28)5-4-6-19(23)29)21-9-12-31-25(32-21)15-8-11-30-22(13-15)35-38(3,36)37/h3-8,13-15,20H,9-11,16-17H2,1-2H3;4-6,8-9,11-14,17H,7,10H2,1-3H3,(H,30,35)/t20-,30-;17-,27+/m00/s1. The second kappa shape index (κ2) is 17.8. The summed E-state index contributed by atoms with van der Waals surface area (Å²) in [5.41, 5.74) is 5.45. The molecular formula is C57H50F4N12O3S. The summed E-state index contributed by atoms with van der Waals surface area (Å²) in [7, 11) is -3.50. The van der Waals surface area contributed by atoms with E-state index in [1.54, 1.807) is 30.6 Å². The molecule has 7 heterocycles. The van der Waals surface area contributed by atoms with Gasteiger partial charge in [-0.2, -0.15) is 20.6 Å². The molecular weight excluding hydrogens is 1010 g/mol. The number of nitriles is 1. The van der Waals surface area contributed by atoms with Crippen molar-refractivity contribution in [1.29, 1.82) is 5.26 Å². The van der Waals surface area contributed by atoms with Crippen molar-refractivity contribution in [2.24, 2.45) is 10.8 Å². The van der Waals surface area contributed by atoms with Gasteiger partial charge >= 0.3 is 0 Å². The van der Waals surface area contributed by atoms with E-state index in [4.69, 9.17) is 14.7 Å². The number of anilines is 1. The van der Waals surface area contributed by atoms with E-state index in [9.17, 15) is 31.2 Å². The van der Waals surface area contributed by atoms with Crippen LogP contribution < -0.4 is 4.72 Å². The molecule has 2 saturated carbocycles. The third-order valence-corrected chi connectivity index (χ3v) is 17.9. The van der Waals surface area contributed by atoms with Gasteiger partial charge < -0.3 is 4.74 Å². The van der Waals surface area contributed by atoms with Crippen LogP contribution in [0.4, 0.5) is 23.4 Å². The summed E-state index contributed by atoms with van der Waals surface area (Å²) >= 11 is 0. The third-order valence-electron chi connectivity index (χ3n) is 17.3. The van der Waals surface area contributed by atoms with Crippen molar-refractivity contribution in [3.63, 3.8) is 0 Å². The van der Waals surface area contributed by atoms with Crippen LogP contribution in [-0.2, 0) is 31.1 Å². The Kier molecular flexibility index (Phi) is 11.6. The van der Waals surface area contributed by atoms with Gasteiger partial charge in [-0.25, -0.2) is 40.9 Å². The molecule has 4 aliphatic carbocycles. The van der Waals surface area contributed by atoms with Crippen LogP contribution in [0.15, 0.2) is 110 Å². The molecule has 1 N–H and O–H groups in total. The van der Waals surface area contributed by atoms with Gasteiger partial charge in [0.25, 0.3) is 0 Å². The van der Waals surface area contributed by atoms with Gasteiger partial charge in [0.05, 0.1) is 100.0 Å². The fraction of sp³-hybridized carbons (Fsp3) is 0.333. The molecule has 20 heteroatoms. The molecule has 4 atom stereocenters. The highest BCUT2D eigenvalue weighted by Crippen LogP contribution is 2.71. The first kappa shape index (κ1) is 50.0. The topological polar surface area (TPSA) is 200 Å². The van der Waals surface area contributed by atoms with Gasteiger partial charge in [-0.15, -0.1) is 10.2 Å². The summed E-state index contributed by atoms with van der Waals surface area (Å²) < 4.78 is 91.1. The van der Waals surface area contributed by atoms with E-state index < -0.39 is 49.7 Å². The van der Waals surface area contributed by atoms with Crippen LogP contribution in [0.25, 0.3) is 45.2 Å². The molecule has 5 aliphatic rings. The molecule has 15 nitrogen and oxygen atoms in total. The zero-order valence-corrected chi connectivity index (χ0v) is 43.4. The lowest BCUT2D eigenvalue weighted by molar-refractivity contribution is -0.104. The predicted octanol–water partition coefficient (Wildman–Crippen LogP) is 10.4. The number of rotatable bonds is 10. The van der Waals surface area contributed by atoms with Crippen molar-refractivity contribution < 1.29 is 30.7 Å². The number of sulfonamides is 1. The number of nitrogens with zero attached hydrogens (tertiary/aromatic N) is 11. The van der Waals surface area contributed by atoms with Crippen molar-refractivity contribution in [2.45, 2.75) is 88.0 Å². The van der Waals surface area contributed by atoms with Crippen LogP contribution in [0.3, 0.4) is 0 Å². The van der Waals surface area contributed by atoms with Gasteiger partial charge in [-0.05, 0) is 126 Å². The first-order valence-corrected chi connectivity index (χ1v) is 27.1. The van der Waals surface area contributed by atoms with Crippen molar-refractivity contribution >= 4 is 15.8 Å². The molecule has 77 heavy (non-hydrogen) atoms. The number of hydrogen-bond donors (Lipinski definition) is 1. The molecule has 4 bridgehead atoms. The van der Waals surface area contributed by atoms with Gasteiger partial charge in [-0.1, -0.05) is 45.9 Å². The number of aromatic nitrogens is 10. The molecule has 8 aromatic rings. The molecule has 1 saturated heterocycles. The van der Waals surface area contributed by atoms with Gasteiger partial charge in [0.15, 0.2) is 5.82 Å². The van der Waals surface area contributed by atoms with Crippen LogP contribution in [0.5, 0.6) is 0 Å². The van der Waals surface area contributed by atoms with Crippen LogP contribution >= 0.6 is 0 Å². The number of pyridine rings is 2. The van der Waals surface area contributed by atoms with E-state index in [1.165, 1.54) is 42.6 Å². The largest absolute Gasteiger partial charge is 0.376 e. The van der Waals surface area contributed by atoms with Crippen molar-refractivity contribution in [3.05, 3.63) is 167 Å². The van der Waals surface area contributed by atoms with Gasteiger partial charge in [0.1, 0.15) is 34.6 Å². The maximum absolute atomic E-state index is 14.6. The zero-order valence-electron chi connectivity index (χ0n) is 42.6. The van der Waals surface area contributed by atoms with Crippen molar-refractivity contribution in [2.75, 3.05) is 24.2 Å². The number of fused-ring (bicyclic) bond motifs is 10. The third kappa shape index (κ3) is 7.58. The quantitative estimate of drug-likeness (QED) is 0.127. The predicted molar refractivity (Wildman–Crippen MR) is 276 cm³/mol. The van der Waals surface area contributed by atoms with Crippen molar-refractivity contribution in [3.8, 4) is 51.2 Å². The van der Waals surface area contributed by atoms with E-state index in [0.717, 1.165) is 77.1 Å². The monoisotopic (exact) mass is 1060 g/mol. The Morgan fingerprint density at radius 2 is 1.23 bits per heavy atom. The van der Waals surface area contributed by atoms with E-state index in [2.05, 4.69) is 73.9 Å². The molecule has 0 spiro atoms. The van der Waals surface area contributed by atoms with Gasteiger partial charge in [0.2, 0.25) is 10.0 Å². The minimum atomic E-state index is -3.50. The highest BCUT2D eigenvalue weighted by atomic mass is 32.2. The number of nitrogens with one attached hydrogen (secondary N) is 1. The second-order valence-electron chi connectivity index (χ2n) is 21.9. The van der Waals surface area contributed by atoms with E-state index in [0.29, 0.717) is 31.0 Å². The van der Waals surface area contributed by atoms with E-state index in [1.807, 2.05) is 41.2 Å². The number of ether oxygens (including phenoxy) is 1. The maximum Gasteiger partial charge on any atom is 0.230 e. The molecule has 2 aromatic carbocycles. The Morgan fingerprint density at radius 3 is 1.77 bits per heavy atom.